The Labute approximate surface area is 110 Å². The van der Waals surface area contributed by atoms with Crippen LogP contribution in [0.4, 0.5) is 5.69 Å². The van der Waals surface area contributed by atoms with Crippen LogP contribution in [0.3, 0.4) is 0 Å². The molecule has 0 radical (unpaired) electrons. The van der Waals surface area contributed by atoms with E-state index >= 15 is 0 Å². The summed E-state index contributed by atoms with van der Waals surface area (Å²) in [7, 11) is 0. The normalized spacial score (nSPS) is 9.95. The van der Waals surface area contributed by atoms with E-state index in [0.29, 0.717) is 12.1 Å². The van der Waals surface area contributed by atoms with Crippen molar-refractivity contribution in [1.29, 1.82) is 0 Å². The van der Waals surface area contributed by atoms with Crippen LogP contribution >= 0.6 is 0 Å². The van der Waals surface area contributed by atoms with Crippen molar-refractivity contribution in [2.24, 2.45) is 0 Å². The van der Waals surface area contributed by atoms with Crippen molar-refractivity contribution in [3.8, 4) is 0 Å². The first-order valence-corrected chi connectivity index (χ1v) is 5.82. The number of carbonyl (C=O) groups excluding carboxylic acids is 2. The maximum Gasteiger partial charge on any atom is 0.254 e. The molecule has 0 unspecified atom stereocenters. The lowest BCUT2D eigenvalue weighted by Gasteiger charge is -2.06. The van der Waals surface area contributed by atoms with Crippen molar-refractivity contribution in [1.82, 2.24) is 5.32 Å². The molecule has 0 spiro atoms. The van der Waals surface area contributed by atoms with Gasteiger partial charge in [-0.05, 0) is 23.8 Å². The zero-order valence-electron chi connectivity index (χ0n) is 10.5. The van der Waals surface area contributed by atoms with Crippen molar-refractivity contribution in [3.63, 3.8) is 0 Å². The predicted octanol–water partition coefficient (Wildman–Crippen LogP) is 2.17. The summed E-state index contributed by atoms with van der Waals surface area (Å²) < 4.78 is 4.84. The first-order valence-electron chi connectivity index (χ1n) is 5.82. The molecule has 19 heavy (non-hydrogen) atoms. The summed E-state index contributed by atoms with van der Waals surface area (Å²) in [6, 6.07) is 8.89. The zero-order valence-corrected chi connectivity index (χ0v) is 10.5. The number of anilines is 1. The van der Waals surface area contributed by atoms with Crippen LogP contribution in [0.15, 0.2) is 47.3 Å². The molecular formula is C14H14N2O3. The number of hydrogen-bond acceptors (Lipinski definition) is 3. The van der Waals surface area contributed by atoms with Crippen molar-refractivity contribution in [3.05, 3.63) is 54.0 Å². The molecular weight excluding hydrogens is 244 g/mol. The Hall–Kier alpha value is -2.56. The molecule has 2 N–H and O–H groups in total. The maximum absolute atomic E-state index is 11.7. The largest absolute Gasteiger partial charge is 0.472 e. The third-order valence-corrected chi connectivity index (χ3v) is 2.51. The second-order valence-electron chi connectivity index (χ2n) is 4.07. The van der Waals surface area contributed by atoms with Crippen LogP contribution in [-0.2, 0) is 11.3 Å². The molecule has 1 heterocycles. The van der Waals surface area contributed by atoms with Gasteiger partial charge >= 0.3 is 0 Å². The zero-order chi connectivity index (χ0) is 13.7. The van der Waals surface area contributed by atoms with Crippen LogP contribution in [0.25, 0.3) is 0 Å². The molecule has 5 heteroatoms. The molecule has 2 amide bonds. The SMILES string of the molecule is CC(=O)Nc1ccc(CNC(=O)c2ccoc2)cc1. The van der Waals surface area contributed by atoms with Gasteiger partial charge in [0.15, 0.2) is 0 Å². The van der Waals surface area contributed by atoms with Gasteiger partial charge in [-0.25, -0.2) is 0 Å². The van der Waals surface area contributed by atoms with E-state index in [2.05, 4.69) is 10.6 Å². The quantitative estimate of drug-likeness (QED) is 0.882. The van der Waals surface area contributed by atoms with Crippen LogP contribution < -0.4 is 10.6 Å². The van der Waals surface area contributed by atoms with Gasteiger partial charge in [-0.15, -0.1) is 0 Å². The predicted molar refractivity (Wildman–Crippen MR) is 70.6 cm³/mol. The smallest absolute Gasteiger partial charge is 0.254 e. The number of amides is 2. The molecule has 0 saturated carbocycles. The number of benzene rings is 1. The molecule has 1 aromatic carbocycles. The second-order valence-corrected chi connectivity index (χ2v) is 4.07. The third-order valence-electron chi connectivity index (χ3n) is 2.51. The number of nitrogens with one attached hydrogen (secondary N) is 2. The van der Waals surface area contributed by atoms with Gasteiger partial charge in [0.2, 0.25) is 5.91 Å². The molecule has 2 rings (SSSR count). The molecule has 0 aliphatic rings. The summed E-state index contributed by atoms with van der Waals surface area (Å²) in [5.41, 5.74) is 2.18. The Morgan fingerprint density at radius 2 is 1.89 bits per heavy atom. The third kappa shape index (κ3) is 3.70. The van der Waals surface area contributed by atoms with Crippen molar-refractivity contribution < 1.29 is 14.0 Å². The fourth-order valence-corrected chi connectivity index (χ4v) is 1.59. The highest BCUT2D eigenvalue weighted by Crippen LogP contribution is 2.09. The molecule has 1 aromatic heterocycles. The van der Waals surface area contributed by atoms with E-state index < -0.39 is 0 Å². The molecule has 0 aliphatic carbocycles. The van der Waals surface area contributed by atoms with E-state index in [-0.39, 0.29) is 11.8 Å². The minimum absolute atomic E-state index is 0.110. The van der Waals surface area contributed by atoms with Crippen LogP contribution in [0, 0.1) is 0 Å². The van der Waals surface area contributed by atoms with Gasteiger partial charge in [0.25, 0.3) is 5.91 Å². The lowest BCUT2D eigenvalue weighted by molar-refractivity contribution is -0.114. The van der Waals surface area contributed by atoms with Gasteiger partial charge in [-0.2, -0.15) is 0 Å². The summed E-state index contributed by atoms with van der Waals surface area (Å²) in [5.74, 6) is -0.291. The summed E-state index contributed by atoms with van der Waals surface area (Å²) in [6.07, 6.45) is 2.85. The van der Waals surface area contributed by atoms with Gasteiger partial charge in [-0.3, -0.25) is 9.59 Å². The molecule has 5 nitrogen and oxygen atoms in total. The highest BCUT2D eigenvalue weighted by molar-refractivity contribution is 5.93. The van der Waals surface area contributed by atoms with E-state index in [9.17, 15) is 9.59 Å². The van der Waals surface area contributed by atoms with E-state index in [1.165, 1.54) is 19.5 Å². The molecule has 98 valence electrons. The molecule has 0 bridgehead atoms. The van der Waals surface area contributed by atoms with E-state index in [1.807, 2.05) is 12.1 Å². The molecule has 0 saturated heterocycles. The van der Waals surface area contributed by atoms with Gasteiger partial charge in [-0.1, -0.05) is 12.1 Å². The average Bonchev–Trinajstić information content (AvgIpc) is 2.91. The van der Waals surface area contributed by atoms with Gasteiger partial charge in [0.05, 0.1) is 11.8 Å². The Balaban J connectivity index is 1.89. The van der Waals surface area contributed by atoms with Gasteiger partial charge in [0.1, 0.15) is 6.26 Å². The summed E-state index contributed by atoms with van der Waals surface area (Å²) >= 11 is 0. The number of hydrogen-bond donors (Lipinski definition) is 2. The molecule has 0 aliphatic heterocycles. The lowest BCUT2D eigenvalue weighted by atomic mass is 10.2. The minimum atomic E-state index is -0.181. The van der Waals surface area contributed by atoms with E-state index in [4.69, 9.17) is 4.42 Å². The molecule has 2 aromatic rings. The topological polar surface area (TPSA) is 71.3 Å². The van der Waals surface area contributed by atoms with Gasteiger partial charge < -0.3 is 15.1 Å². The van der Waals surface area contributed by atoms with Crippen molar-refractivity contribution >= 4 is 17.5 Å². The summed E-state index contributed by atoms with van der Waals surface area (Å²) in [4.78, 5) is 22.5. The summed E-state index contributed by atoms with van der Waals surface area (Å²) in [5, 5.41) is 5.46. The molecule has 0 fully saturated rings. The fourth-order valence-electron chi connectivity index (χ4n) is 1.59. The highest BCUT2D eigenvalue weighted by Gasteiger charge is 2.05. The lowest BCUT2D eigenvalue weighted by Crippen LogP contribution is -2.22. The Morgan fingerprint density at radius 3 is 2.47 bits per heavy atom. The van der Waals surface area contributed by atoms with Crippen LogP contribution in [-0.4, -0.2) is 11.8 Å². The number of rotatable bonds is 4. The number of furan rings is 1. The van der Waals surface area contributed by atoms with E-state index in [0.717, 1.165) is 11.3 Å². The maximum atomic E-state index is 11.7. The first kappa shape index (κ1) is 12.9. The average molecular weight is 258 g/mol. The van der Waals surface area contributed by atoms with Crippen molar-refractivity contribution in [2.45, 2.75) is 13.5 Å². The fraction of sp³-hybridized carbons (Fsp3) is 0.143. The van der Waals surface area contributed by atoms with Crippen molar-refractivity contribution in [2.75, 3.05) is 5.32 Å². The monoisotopic (exact) mass is 258 g/mol. The minimum Gasteiger partial charge on any atom is -0.472 e. The Morgan fingerprint density at radius 1 is 1.16 bits per heavy atom. The van der Waals surface area contributed by atoms with Crippen LogP contribution in [0.1, 0.15) is 22.8 Å². The second kappa shape index (κ2) is 5.86. The number of carbonyl (C=O) groups is 2. The first-order chi connectivity index (χ1) is 9.15. The van der Waals surface area contributed by atoms with Gasteiger partial charge in [0, 0.05) is 19.2 Å². The standard InChI is InChI=1S/C14H14N2O3/c1-10(17)16-13-4-2-11(3-5-13)8-15-14(18)12-6-7-19-9-12/h2-7,9H,8H2,1H3,(H,15,18)(H,16,17). The molecule has 0 atom stereocenters. The summed E-state index contributed by atoms with van der Waals surface area (Å²) in [6.45, 7) is 1.88. The van der Waals surface area contributed by atoms with Crippen LogP contribution in [0.2, 0.25) is 0 Å². The highest BCUT2D eigenvalue weighted by atomic mass is 16.3. The van der Waals surface area contributed by atoms with Crippen LogP contribution in [0.5, 0.6) is 0 Å². The van der Waals surface area contributed by atoms with E-state index in [1.54, 1.807) is 18.2 Å². The Bertz CT molecular complexity index is 559. The Kier molecular flexibility index (Phi) is 3.97.